The van der Waals surface area contributed by atoms with E-state index in [1.54, 1.807) is 0 Å². The van der Waals surface area contributed by atoms with E-state index in [0.717, 1.165) is 32.6 Å². The van der Waals surface area contributed by atoms with Gasteiger partial charge < -0.3 is 10.6 Å². The predicted octanol–water partition coefficient (Wildman–Crippen LogP) is 4.53. The van der Waals surface area contributed by atoms with Crippen LogP contribution in [0.25, 0.3) is 0 Å². The number of aliphatic imine (C=N–C) groups is 1. The lowest BCUT2D eigenvalue weighted by molar-refractivity contribution is 0.458. The Morgan fingerprint density at radius 2 is 1.68 bits per heavy atom. The Morgan fingerprint density at radius 1 is 1.00 bits per heavy atom. The second-order valence-corrected chi connectivity index (χ2v) is 6.35. The zero-order chi connectivity index (χ0) is 15.9. The van der Waals surface area contributed by atoms with Crippen LogP contribution in [0.3, 0.4) is 0 Å². The maximum atomic E-state index is 5.63. The Labute approximate surface area is 138 Å². The van der Waals surface area contributed by atoms with Crippen molar-refractivity contribution in [2.24, 2.45) is 10.7 Å². The van der Waals surface area contributed by atoms with Crippen molar-refractivity contribution in [1.29, 1.82) is 0 Å². The number of allylic oxidation sites excluding steroid dienone is 2. The van der Waals surface area contributed by atoms with Gasteiger partial charge in [-0.2, -0.15) is 0 Å². The van der Waals surface area contributed by atoms with Crippen LogP contribution in [0.1, 0.15) is 77.6 Å². The second-order valence-electron chi connectivity index (χ2n) is 6.35. The van der Waals surface area contributed by atoms with Crippen molar-refractivity contribution >= 4 is 5.84 Å². The van der Waals surface area contributed by atoms with Crippen LogP contribution in [0.4, 0.5) is 0 Å². The minimum Gasteiger partial charge on any atom is -0.357 e. The Kier molecular flexibility index (Phi) is 12.1. The Bertz CT molecular complexity index is 310. The van der Waals surface area contributed by atoms with Gasteiger partial charge in [0, 0.05) is 26.1 Å². The highest BCUT2D eigenvalue weighted by Gasteiger charge is 2.14. The number of hydrogen-bond acceptors (Lipinski definition) is 3. The summed E-state index contributed by atoms with van der Waals surface area (Å²) in [6, 6.07) is 0. The first-order valence-electron chi connectivity index (χ1n) is 9.51. The summed E-state index contributed by atoms with van der Waals surface area (Å²) in [6.45, 7) is 6.01. The molecule has 0 unspecified atom stereocenters. The zero-order valence-corrected chi connectivity index (χ0v) is 14.7. The van der Waals surface area contributed by atoms with E-state index in [2.05, 4.69) is 29.0 Å². The Morgan fingerprint density at radius 3 is 2.41 bits per heavy atom. The van der Waals surface area contributed by atoms with E-state index >= 15 is 0 Å². The average molecular weight is 308 g/mol. The third kappa shape index (κ3) is 9.24. The molecule has 0 aliphatic carbocycles. The molecule has 1 heterocycles. The smallest absolute Gasteiger partial charge is 0.0990 e. The topological polar surface area (TPSA) is 41.6 Å². The van der Waals surface area contributed by atoms with Gasteiger partial charge in [-0.15, -0.1) is 0 Å². The first-order valence-corrected chi connectivity index (χ1v) is 9.51. The van der Waals surface area contributed by atoms with Gasteiger partial charge in [0.15, 0.2) is 0 Å². The molecule has 0 saturated heterocycles. The molecule has 3 nitrogen and oxygen atoms in total. The fourth-order valence-corrected chi connectivity index (χ4v) is 3.00. The number of hydrogen-bond donors (Lipinski definition) is 1. The van der Waals surface area contributed by atoms with Gasteiger partial charge in [0.1, 0.15) is 0 Å². The Balaban J connectivity index is 1.90. The third-order valence-corrected chi connectivity index (χ3v) is 4.34. The van der Waals surface area contributed by atoms with E-state index < -0.39 is 0 Å². The molecule has 0 aromatic carbocycles. The molecule has 1 aliphatic heterocycles. The molecule has 1 rings (SSSR count). The van der Waals surface area contributed by atoms with Gasteiger partial charge in [0.2, 0.25) is 0 Å². The fourth-order valence-electron chi connectivity index (χ4n) is 3.00. The molecule has 128 valence electrons. The highest BCUT2D eigenvalue weighted by Crippen LogP contribution is 2.10. The number of rotatable bonds is 14. The molecule has 22 heavy (non-hydrogen) atoms. The summed E-state index contributed by atoms with van der Waals surface area (Å²) in [7, 11) is 0. The third-order valence-electron chi connectivity index (χ3n) is 4.34. The lowest BCUT2D eigenvalue weighted by Gasteiger charge is -2.18. The van der Waals surface area contributed by atoms with Crippen LogP contribution in [0, 0.1) is 0 Å². The van der Waals surface area contributed by atoms with E-state index in [1.165, 1.54) is 70.0 Å². The first-order chi connectivity index (χ1) is 10.9. The van der Waals surface area contributed by atoms with Crippen LogP contribution < -0.4 is 5.73 Å². The molecular formula is C19H37N3. The standard InChI is InChI=1S/C19H37N3/c1-2-3-4-5-6-7-8-9-10-11-12-13-14-19-21-16-18-22(19)17-15-20/h10-11H,2-9,12-18,20H2,1H3/b11-10+. The molecule has 0 spiro atoms. The number of nitrogens with zero attached hydrogens (tertiary/aromatic N) is 2. The molecule has 0 atom stereocenters. The average Bonchev–Trinajstić information content (AvgIpc) is 2.96. The molecule has 0 aromatic rings. The summed E-state index contributed by atoms with van der Waals surface area (Å²) in [5, 5.41) is 0. The molecule has 2 N–H and O–H groups in total. The van der Waals surface area contributed by atoms with Crippen molar-refractivity contribution in [2.75, 3.05) is 26.2 Å². The SMILES string of the molecule is CCCCCCCCC/C=C/CCCC1=NCCN1CCN. The van der Waals surface area contributed by atoms with Gasteiger partial charge in [-0.05, 0) is 25.7 Å². The van der Waals surface area contributed by atoms with Crippen molar-refractivity contribution in [3.63, 3.8) is 0 Å². The predicted molar refractivity (Wildman–Crippen MR) is 98.5 cm³/mol. The molecule has 3 heteroatoms. The summed E-state index contributed by atoms with van der Waals surface area (Å²) in [4.78, 5) is 6.94. The maximum absolute atomic E-state index is 5.63. The lowest BCUT2D eigenvalue weighted by atomic mass is 10.1. The summed E-state index contributed by atoms with van der Waals surface area (Å²) in [6.07, 6.45) is 19.3. The van der Waals surface area contributed by atoms with Gasteiger partial charge in [-0.1, -0.05) is 57.6 Å². The molecule has 0 aromatic heterocycles. The van der Waals surface area contributed by atoms with Crippen molar-refractivity contribution in [3.05, 3.63) is 12.2 Å². The van der Waals surface area contributed by atoms with Crippen molar-refractivity contribution in [2.45, 2.75) is 77.6 Å². The summed E-state index contributed by atoms with van der Waals surface area (Å²) in [5.41, 5.74) is 5.63. The van der Waals surface area contributed by atoms with Crippen molar-refractivity contribution < 1.29 is 0 Å². The van der Waals surface area contributed by atoms with E-state index in [4.69, 9.17) is 5.73 Å². The summed E-state index contributed by atoms with van der Waals surface area (Å²) < 4.78 is 0. The summed E-state index contributed by atoms with van der Waals surface area (Å²) >= 11 is 0. The highest BCUT2D eigenvalue weighted by molar-refractivity contribution is 5.83. The van der Waals surface area contributed by atoms with Gasteiger partial charge in [0.25, 0.3) is 0 Å². The highest BCUT2D eigenvalue weighted by atomic mass is 15.2. The van der Waals surface area contributed by atoms with Crippen LogP contribution in [-0.2, 0) is 0 Å². The van der Waals surface area contributed by atoms with Crippen LogP contribution in [0.15, 0.2) is 17.1 Å². The maximum Gasteiger partial charge on any atom is 0.0990 e. The van der Waals surface area contributed by atoms with E-state index in [9.17, 15) is 0 Å². The van der Waals surface area contributed by atoms with Gasteiger partial charge in [-0.25, -0.2) is 0 Å². The van der Waals surface area contributed by atoms with Crippen LogP contribution in [-0.4, -0.2) is 36.9 Å². The lowest BCUT2D eigenvalue weighted by Crippen LogP contribution is -2.32. The molecular weight excluding hydrogens is 270 g/mol. The van der Waals surface area contributed by atoms with Gasteiger partial charge in [0.05, 0.1) is 12.4 Å². The monoisotopic (exact) mass is 307 g/mol. The van der Waals surface area contributed by atoms with Crippen LogP contribution >= 0.6 is 0 Å². The van der Waals surface area contributed by atoms with Crippen LogP contribution in [0.2, 0.25) is 0 Å². The second kappa shape index (κ2) is 13.8. The van der Waals surface area contributed by atoms with Crippen molar-refractivity contribution in [3.8, 4) is 0 Å². The molecule has 0 radical (unpaired) electrons. The largest absolute Gasteiger partial charge is 0.357 e. The zero-order valence-electron chi connectivity index (χ0n) is 14.7. The first kappa shape index (κ1) is 19.2. The minimum absolute atomic E-state index is 0.733. The number of nitrogens with two attached hydrogens (primary N) is 1. The van der Waals surface area contributed by atoms with E-state index in [0.29, 0.717) is 0 Å². The number of amidine groups is 1. The summed E-state index contributed by atoms with van der Waals surface area (Å²) in [5.74, 6) is 1.28. The molecule has 0 saturated carbocycles. The normalized spacial score (nSPS) is 15.0. The molecule has 0 bridgehead atoms. The van der Waals surface area contributed by atoms with Crippen molar-refractivity contribution in [1.82, 2.24) is 4.90 Å². The van der Waals surface area contributed by atoms with E-state index in [1.807, 2.05) is 0 Å². The number of unbranched alkanes of at least 4 members (excludes halogenated alkanes) is 8. The molecule has 0 fully saturated rings. The van der Waals surface area contributed by atoms with E-state index in [-0.39, 0.29) is 0 Å². The fraction of sp³-hybridized carbons (Fsp3) is 0.842. The minimum atomic E-state index is 0.733. The van der Waals surface area contributed by atoms with Gasteiger partial charge >= 0.3 is 0 Å². The quantitative estimate of drug-likeness (QED) is 0.378. The van der Waals surface area contributed by atoms with Crippen LogP contribution in [0.5, 0.6) is 0 Å². The molecule has 0 amide bonds. The molecule has 1 aliphatic rings. The van der Waals surface area contributed by atoms with Gasteiger partial charge in [-0.3, -0.25) is 4.99 Å². The Hall–Kier alpha value is -0.830.